The Bertz CT molecular complexity index is 558. The van der Waals surface area contributed by atoms with Crippen molar-refractivity contribution in [2.24, 2.45) is 5.92 Å². The third-order valence-electron chi connectivity index (χ3n) is 2.98. The zero-order chi connectivity index (χ0) is 15.1. The van der Waals surface area contributed by atoms with Gasteiger partial charge in [0.1, 0.15) is 12.4 Å². The van der Waals surface area contributed by atoms with Crippen LogP contribution in [0.5, 0.6) is 5.75 Å². The van der Waals surface area contributed by atoms with Crippen molar-refractivity contribution in [2.75, 3.05) is 6.54 Å². The molecule has 1 heterocycles. The van der Waals surface area contributed by atoms with E-state index < -0.39 is 0 Å². The van der Waals surface area contributed by atoms with Crippen LogP contribution in [0.3, 0.4) is 0 Å². The molecule has 21 heavy (non-hydrogen) atoms. The molecule has 0 unspecified atom stereocenters. The molecule has 1 aromatic heterocycles. The fraction of sp³-hybridized carbons (Fsp3) is 0.353. The summed E-state index contributed by atoms with van der Waals surface area (Å²) in [6, 6.07) is 11.7. The Labute approximate surface area is 131 Å². The first-order valence-corrected chi connectivity index (χ1v) is 7.55. The summed E-state index contributed by atoms with van der Waals surface area (Å²) in [6.45, 7) is 6.61. The number of rotatable bonds is 7. The molecule has 3 nitrogen and oxygen atoms in total. The fourth-order valence-electron chi connectivity index (χ4n) is 1.91. The minimum absolute atomic E-state index is 0.422. The fourth-order valence-corrected chi connectivity index (χ4v) is 2.17. The number of halogens is 1. The molecule has 4 heteroatoms. The highest BCUT2D eigenvalue weighted by Crippen LogP contribution is 2.26. The molecule has 0 aliphatic carbocycles. The summed E-state index contributed by atoms with van der Waals surface area (Å²) in [4.78, 5) is 4.22. The van der Waals surface area contributed by atoms with Crippen molar-refractivity contribution < 1.29 is 4.74 Å². The second-order valence-electron chi connectivity index (χ2n) is 5.40. The maximum atomic E-state index is 6.26. The van der Waals surface area contributed by atoms with Gasteiger partial charge in [0.15, 0.2) is 0 Å². The molecule has 0 saturated carbocycles. The lowest BCUT2D eigenvalue weighted by Gasteiger charge is -2.11. The van der Waals surface area contributed by atoms with Crippen LogP contribution >= 0.6 is 11.6 Å². The first-order valence-electron chi connectivity index (χ1n) is 7.17. The zero-order valence-corrected chi connectivity index (χ0v) is 13.2. The van der Waals surface area contributed by atoms with Gasteiger partial charge in [-0.15, -0.1) is 0 Å². The van der Waals surface area contributed by atoms with Gasteiger partial charge >= 0.3 is 0 Å². The Morgan fingerprint density at radius 2 is 2.10 bits per heavy atom. The highest BCUT2D eigenvalue weighted by Gasteiger charge is 2.04. The van der Waals surface area contributed by atoms with E-state index >= 15 is 0 Å². The molecule has 0 aliphatic heterocycles. The van der Waals surface area contributed by atoms with E-state index in [2.05, 4.69) is 24.1 Å². The largest absolute Gasteiger partial charge is 0.486 e. The predicted molar refractivity (Wildman–Crippen MR) is 86.6 cm³/mol. The Hall–Kier alpha value is -1.58. The molecular formula is C17H21ClN2O. The van der Waals surface area contributed by atoms with Crippen LogP contribution in [0.4, 0.5) is 0 Å². The maximum absolute atomic E-state index is 6.26. The van der Waals surface area contributed by atoms with Gasteiger partial charge < -0.3 is 10.1 Å². The van der Waals surface area contributed by atoms with Crippen molar-refractivity contribution in [3.8, 4) is 5.75 Å². The van der Waals surface area contributed by atoms with Gasteiger partial charge in [0.2, 0.25) is 0 Å². The topological polar surface area (TPSA) is 34.1 Å². The van der Waals surface area contributed by atoms with Gasteiger partial charge in [-0.2, -0.15) is 0 Å². The normalized spacial score (nSPS) is 10.9. The lowest BCUT2D eigenvalue weighted by Crippen LogP contribution is -2.18. The van der Waals surface area contributed by atoms with Gasteiger partial charge in [-0.3, -0.25) is 4.98 Å². The van der Waals surface area contributed by atoms with E-state index in [0.29, 0.717) is 23.3 Å². The monoisotopic (exact) mass is 304 g/mol. The molecule has 1 N–H and O–H groups in total. The molecular weight excluding hydrogens is 284 g/mol. The number of hydrogen-bond donors (Lipinski definition) is 1. The molecule has 112 valence electrons. The van der Waals surface area contributed by atoms with Gasteiger partial charge in [-0.25, -0.2) is 0 Å². The number of nitrogens with one attached hydrogen (secondary N) is 1. The Morgan fingerprint density at radius 3 is 2.76 bits per heavy atom. The highest BCUT2D eigenvalue weighted by molar-refractivity contribution is 6.32. The summed E-state index contributed by atoms with van der Waals surface area (Å²) in [5, 5.41) is 4.03. The van der Waals surface area contributed by atoms with Crippen LogP contribution in [0.25, 0.3) is 0 Å². The van der Waals surface area contributed by atoms with Crippen molar-refractivity contribution in [1.82, 2.24) is 10.3 Å². The first kappa shape index (κ1) is 15.8. The van der Waals surface area contributed by atoms with Gasteiger partial charge in [0.25, 0.3) is 0 Å². The number of nitrogens with zero attached hydrogens (tertiary/aromatic N) is 1. The average molecular weight is 305 g/mol. The Balaban J connectivity index is 1.90. The van der Waals surface area contributed by atoms with E-state index in [0.717, 1.165) is 24.3 Å². The summed E-state index contributed by atoms with van der Waals surface area (Å²) in [7, 11) is 0. The van der Waals surface area contributed by atoms with Gasteiger partial charge in [-0.05, 0) is 42.3 Å². The van der Waals surface area contributed by atoms with E-state index in [-0.39, 0.29) is 0 Å². The number of hydrogen-bond acceptors (Lipinski definition) is 3. The lowest BCUT2D eigenvalue weighted by atomic mass is 10.2. The minimum Gasteiger partial charge on any atom is -0.486 e. The molecule has 0 amide bonds. The third kappa shape index (κ3) is 5.37. The number of benzene rings is 1. The molecule has 2 rings (SSSR count). The Morgan fingerprint density at radius 1 is 1.24 bits per heavy atom. The number of aromatic nitrogens is 1. The molecule has 1 aromatic carbocycles. The van der Waals surface area contributed by atoms with Crippen LogP contribution in [-0.2, 0) is 13.2 Å². The molecule has 0 spiro atoms. The molecule has 0 fully saturated rings. The molecule has 0 saturated heterocycles. The van der Waals surface area contributed by atoms with Crippen LogP contribution in [0, 0.1) is 5.92 Å². The van der Waals surface area contributed by atoms with Crippen LogP contribution in [-0.4, -0.2) is 11.5 Å². The van der Waals surface area contributed by atoms with E-state index in [9.17, 15) is 0 Å². The molecule has 0 bridgehead atoms. The Kier molecular flexibility index (Phi) is 6.03. The summed E-state index contributed by atoms with van der Waals surface area (Å²) in [5.74, 6) is 1.33. The van der Waals surface area contributed by atoms with Crippen LogP contribution in [0.1, 0.15) is 25.1 Å². The maximum Gasteiger partial charge on any atom is 0.138 e. The molecule has 0 atom stereocenters. The number of pyridine rings is 1. The summed E-state index contributed by atoms with van der Waals surface area (Å²) >= 11 is 6.26. The van der Waals surface area contributed by atoms with E-state index in [1.165, 1.54) is 0 Å². The van der Waals surface area contributed by atoms with Crippen LogP contribution < -0.4 is 10.1 Å². The molecule has 0 aliphatic rings. The zero-order valence-electron chi connectivity index (χ0n) is 12.5. The summed E-state index contributed by atoms with van der Waals surface area (Å²) in [5.41, 5.74) is 2.04. The minimum atomic E-state index is 0.422. The van der Waals surface area contributed by atoms with Gasteiger partial charge in [0.05, 0.1) is 10.7 Å². The van der Waals surface area contributed by atoms with E-state index in [1.54, 1.807) is 6.20 Å². The molecule has 0 radical (unpaired) electrons. The van der Waals surface area contributed by atoms with Crippen molar-refractivity contribution >= 4 is 11.6 Å². The van der Waals surface area contributed by atoms with Crippen molar-refractivity contribution in [3.63, 3.8) is 0 Å². The second kappa shape index (κ2) is 8.01. The quantitative estimate of drug-likeness (QED) is 0.837. The van der Waals surface area contributed by atoms with Crippen LogP contribution in [0.2, 0.25) is 5.02 Å². The molecule has 2 aromatic rings. The first-order chi connectivity index (χ1) is 10.1. The number of ether oxygens (including phenoxy) is 1. The highest BCUT2D eigenvalue weighted by atomic mass is 35.5. The predicted octanol–water partition coefficient (Wildman–Crippen LogP) is 4.06. The van der Waals surface area contributed by atoms with Crippen LogP contribution in [0.15, 0.2) is 42.6 Å². The SMILES string of the molecule is CC(C)CNCc1ccc(OCc2ccccn2)c(Cl)c1. The standard InChI is InChI=1S/C17H21ClN2O/c1-13(2)10-19-11-14-6-7-17(16(18)9-14)21-12-15-5-3-4-8-20-15/h3-9,13,19H,10-12H2,1-2H3. The lowest BCUT2D eigenvalue weighted by molar-refractivity contribution is 0.301. The summed E-state index contributed by atoms with van der Waals surface area (Å²) < 4.78 is 5.71. The average Bonchev–Trinajstić information content (AvgIpc) is 2.47. The van der Waals surface area contributed by atoms with E-state index in [4.69, 9.17) is 16.3 Å². The van der Waals surface area contributed by atoms with Crippen molar-refractivity contribution in [2.45, 2.75) is 27.0 Å². The van der Waals surface area contributed by atoms with Crippen molar-refractivity contribution in [3.05, 3.63) is 58.9 Å². The summed E-state index contributed by atoms with van der Waals surface area (Å²) in [6.07, 6.45) is 1.75. The van der Waals surface area contributed by atoms with Gasteiger partial charge in [0, 0.05) is 12.7 Å². The van der Waals surface area contributed by atoms with Gasteiger partial charge in [-0.1, -0.05) is 37.6 Å². The van der Waals surface area contributed by atoms with E-state index in [1.807, 2.05) is 36.4 Å². The second-order valence-corrected chi connectivity index (χ2v) is 5.81. The smallest absolute Gasteiger partial charge is 0.138 e. The third-order valence-corrected chi connectivity index (χ3v) is 3.28. The van der Waals surface area contributed by atoms with Crippen molar-refractivity contribution in [1.29, 1.82) is 0 Å².